The summed E-state index contributed by atoms with van der Waals surface area (Å²) in [5.74, 6) is 3.61. The number of halogens is 2. The van der Waals surface area contributed by atoms with Crippen LogP contribution in [0.5, 0.6) is 0 Å². The maximum atomic E-state index is 2.40. The Morgan fingerprint density at radius 1 is 0.476 bits per heavy atom. The van der Waals surface area contributed by atoms with Gasteiger partial charge < -0.3 is 24.8 Å². The molecule has 0 spiro atoms. The molecule has 4 rings (SSSR count). The minimum atomic E-state index is 0. The van der Waals surface area contributed by atoms with Crippen molar-refractivity contribution in [3.05, 3.63) is 81.9 Å². The Labute approximate surface area is 286 Å². The summed E-state index contributed by atoms with van der Waals surface area (Å²) in [7, 11) is 0. The van der Waals surface area contributed by atoms with Crippen LogP contribution in [0.15, 0.2) is 48.5 Å². The van der Waals surface area contributed by atoms with Crippen LogP contribution in [-0.2, 0) is 23.3 Å². The van der Waals surface area contributed by atoms with Crippen LogP contribution in [-0.4, -0.2) is 5.43 Å². The van der Waals surface area contributed by atoms with E-state index >= 15 is 0 Å². The van der Waals surface area contributed by atoms with E-state index in [1.807, 2.05) is 0 Å². The van der Waals surface area contributed by atoms with Gasteiger partial charge in [0, 0.05) is 0 Å². The molecule has 0 aliphatic heterocycles. The first-order chi connectivity index (χ1) is 18.5. The summed E-state index contributed by atoms with van der Waals surface area (Å²) in [4.78, 5) is 0. The molecule has 0 N–H and O–H groups in total. The average Bonchev–Trinajstić information content (AvgIpc) is 3.47. The van der Waals surface area contributed by atoms with Crippen LogP contribution < -0.4 is 24.8 Å². The number of rotatable bonds is 6. The van der Waals surface area contributed by atoms with Crippen molar-refractivity contribution >= 4 is 27.0 Å². The molecule has 0 amide bonds. The predicted molar refractivity (Wildman–Crippen MR) is 181 cm³/mol. The number of fused-ring (bicyclic) bond motifs is 2. The van der Waals surface area contributed by atoms with E-state index in [1.54, 1.807) is 23.3 Å². The summed E-state index contributed by atoms with van der Waals surface area (Å²) >= 11 is 1.74. The van der Waals surface area contributed by atoms with Gasteiger partial charge in [-0.05, 0) is 35.5 Å². The molecule has 0 bridgehead atoms. The van der Waals surface area contributed by atoms with E-state index in [1.165, 1.54) is 54.9 Å². The van der Waals surface area contributed by atoms with Gasteiger partial charge in [-0.1, -0.05) is 117 Å². The third kappa shape index (κ3) is 11.4. The summed E-state index contributed by atoms with van der Waals surface area (Å²) < 4.78 is 0. The SMILES string of the molecule is CC(C)c1cc(C(C)C)c2cc(C(C)C)[cH-]c2c1.CC(C)c1cc(C(C)C)c2cc(C(C)C)[cH-]c2c1.C[Si](C)=[Zr+2].[Cl-].[Cl-]. The Bertz CT molecular complexity index is 1290. The summed E-state index contributed by atoms with van der Waals surface area (Å²) in [5, 5.41) is 5.76. The topological polar surface area (TPSA) is 0 Å². The van der Waals surface area contributed by atoms with Crippen LogP contribution in [0, 0.1) is 0 Å². The number of hydrogen-bond acceptors (Lipinski definition) is 0. The molecule has 0 heterocycles. The van der Waals surface area contributed by atoms with E-state index < -0.39 is 0 Å². The number of hydrogen-bond donors (Lipinski definition) is 0. The molecular weight excluding hydrogens is 647 g/mol. The van der Waals surface area contributed by atoms with Gasteiger partial charge in [0.15, 0.2) is 0 Å². The summed E-state index contributed by atoms with van der Waals surface area (Å²) in [6.45, 7) is 32.0. The fraction of sp³-hybridized carbons (Fsp3) is 0.526. The van der Waals surface area contributed by atoms with Crippen molar-refractivity contribution in [2.24, 2.45) is 0 Å². The van der Waals surface area contributed by atoms with Crippen molar-refractivity contribution in [3.63, 3.8) is 0 Å². The second kappa shape index (κ2) is 18.3. The van der Waals surface area contributed by atoms with Gasteiger partial charge in [-0.15, -0.1) is 56.9 Å². The molecule has 0 fully saturated rings. The van der Waals surface area contributed by atoms with Gasteiger partial charge >= 0.3 is 41.9 Å². The average molecular weight is 703 g/mol. The zero-order valence-electron chi connectivity index (χ0n) is 28.8. The van der Waals surface area contributed by atoms with Gasteiger partial charge in [0.1, 0.15) is 0 Å². The van der Waals surface area contributed by atoms with Crippen LogP contribution in [0.4, 0.5) is 0 Å². The Morgan fingerprint density at radius 3 is 0.976 bits per heavy atom. The molecule has 0 radical (unpaired) electrons. The largest absolute Gasteiger partial charge is 1.00 e. The molecule has 4 heteroatoms. The third-order valence-corrected chi connectivity index (χ3v) is 7.71. The van der Waals surface area contributed by atoms with Crippen LogP contribution in [0.25, 0.3) is 21.5 Å². The first kappa shape index (κ1) is 41.3. The number of benzene rings is 2. The van der Waals surface area contributed by atoms with E-state index in [0.29, 0.717) is 35.5 Å². The Kier molecular flexibility index (Phi) is 18.1. The Balaban J connectivity index is 0.000000682. The van der Waals surface area contributed by atoms with E-state index in [-0.39, 0.29) is 30.2 Å². The van der Waals surface area contributed by atoms with Gasteiger partial charge in [-0.25, -0.2) is 0 Å². The molecule has 4 aromatic carbocycles. The maximum Gasteiger partial charge on any atom is -1.00 e. The fourth-order valence-electron chi connectivity index (χ4n) is 5.08. The normalized spacial score (nSPS) is 11.2. The quantitative estimate of drug-likeness (QED) is 0.156. The third-order valence-electron chi connectivity index (χ3n) is 7.71. The van der Waals surface area contributed by atoms with E-state index in [9.17, 15) is 0 Å². The van der Waals surface area contributed by atoms with Crippen LogP contribution >= 0.6 is 0 Å². The van der Waals surface area contributed by atoms with Crippen molar-refractivity contribution in [2.45, 2.75) is 132 Å². The van der Waals surface area contributed by atoms with E-state index in [2.05, 4.69) is 145 Å². The van der Waals surface area contributed by atoms with Crippen molar-refractivity contribution in [3.8, 4) is 0 Å². The minimum absolute atomic E-state index is 0. The summed E-state index contributed by atoms with van der Waals surface area (Å²) in [6, 6.07) is 19.1. The fourth-order valence-corrected chi connectivity index (χ4v) is 5.08. The molecule has 0 nitrogen and oxygen atoms in total. The molecule has 4 aromatic rings. The molecule has 0 atom stereocenters. The summed E-state index contributed by atoms with van der Waals surface area (Å²) in [6.07, 6.45) is 0. The van der Waals surface area contributed by atoms with Crippen molar-refractivity contribution in [1.82, 2.24) is 0 Å². The minimum Gasteiger partial charge on any atom is -1.00 e. The zero-order valence-corrected chi connectivity index (χ0v) is 33.8. The van der Waals surface area contributed by atoms with E-state index in [0.717, 1.165) is 0 Å². The van der Waals surface area contributed by atoms with Crippen LogP contribution in [0.2, 0.25) is 13.1 Å². The Morgan fingerprint density at radius 2 is 0.762 bits per heavy atom. The monoisotopic (exact) mass is 700 g/mol. The van der Waals surface area contributed by atoms with Crippen LogP contribution in [0.3, 0.4) is 0 Å². The van der Waals surface area contributed by atoms with Gasteiger partial charge in [-0.2, -0.15) is 12.1 Å². The van der Waals surface area contributed by atoms with Crippen LogP contribution in [0.1, 0.15) is 152 Å². The molecule has 0 saturated heterocycles. The first-order valence-electron chi connectivity index (χ1n) is 15.5. The molecule has 0 aliphatic rings. The van der Waals surface area contributed by atoms with Crippen molar-refractivity contribution in [2.75, 3.05) is 0 Å². The molecule has 0 unspecified atom stereocenters. The van der Waals surface area contributed by atoms with Crippen molar-refractivity contribution < 1.29 is 48.1 Å². The molecular formula is C38H56Cl2SiZr-2. The molecule has 42 heavy (non-hydrogen) atoms. The van der Waals surface area contributed by atoms with Gasteiger partial charge in [0.2, 0.25) is 0 Å². The smallest absolute Gasteiger partial charge is 1.00 e. The maximum absolute atomic E-state index is 2.40. The van der Waals surface area contributed by atoms with Gasteiger partial charge in [0.05, 0.1) is 0 Å². The Hall–Kier alpha value is -0.660. The zero-order chi connectivity index (χ0) is 30.5. The second-order valence-electron chi connectivity index (χ2n) is 13.7. The first-order valence-corrected chi connectivity index (χ1v) is 21.7. The molecule has 232 valence electrons. The second-order valence-corrected chi connectivity index (χ2v) is 23.1. The predicted octanol–water partition coefficient (Wildman–Crippen LogP) is 6.65. The molecule has 0 aliphatic carbocycles. The standard InChI is InChI=1S/2C18H25.C2H6Si.2ClH.Zr/c2*1-11(2)14-7-16-8-15(12(3)4)10-18(16)17(9-14)13(5)6;1-3-2;;;/h2*7-13H,1-6H3;1-2H3;2*1H;/q2*-1;;;;+2/p-2. The molecule has 0 aromatic heterocycles. The summed E-state index contributed by atoms with van der Waals surface area (Å²) in [5.41, 5.74) is 9.08. The van der Waals surface area contributed by atoms with E-state index in [4.69, 9.17) is 0 Å². The van der Waals surface area contributed by atoms with Gasteiger partial charge in [-0.3, -0.25) is 0 Å². The van der Waals surface area contributed by atoms with Gasteiger partial charge in [0.25, 0.3) is 0 Å². The molecule has 0 saturated carbocycles. The van der Waals surface area contributed by atoms with Crippen molar-refractivity contribution in [1.29, 1.82) is 0 Å².